The number of carbonyl (C=O) groups is 1. The number of aryl methyl sites for hydroxylation is 1. The van der Waals surface area contributed by atoms with E-state index in [9.17, 15) is 14.7 Å². The molecule has 5 heteroatoms. The van der Waals surface area contributed by atoms with E-state index in [2.05, 4.69) is 5.32 Å². The van der Waals surface area contributed by atoms with Crippen LogP contribution in [0.2, 0.25) is 0 Å². The number of aromatic nitrogens is 1. The van der Waals surface area contributed by atoms with E-state index in [0.717, 1.165) is 18.4 Å². The Labute approximate surface area is 134 Å². The Morgan fingerprint density at radius 1 is 1.26 bits per heavy atom. The summed E-state index contributed by atoms with van der Waals surface area (Å²) in [6.45, 7) is 0.0958. The van der Waals surface area contributed by atoms with Crippen molar-refractivity contribution in [1.29, 1.82) is 0 Å². The van der Waals surface area contributed by atoms with Crippen LogP contribution in [0.25, 0.3) is 0 Å². The zero-order valence-corrected chi connectivity index (χ0v) is 13.0. The number of rotatable bonds is 5. The predicted octanol–water partition coefficient (Wildman–Crippen LogP) is 1.41. The fourth-order valence-corrected chi connectivity index (χ4v) is 2.85. The highest BCUT2D eigenvalue weighted by Gasteiger charge is 2.45. The first-order valence-corrected chi connectivity index (χ1v) is 7.74. The van der Waals surface area contributed by atoms with E-state index in [4.69, 9.17) is 0 Å². The summed E-state index contributed by atoms with van der Waals surface area (Å²) in [5, 5.41) is 13.8. The van der Waals surface area contributed by atoms with Crippen molar-refractivity contribution in [3.05, 3.63) is 70.1 Å². The van der Waals surface area contributed by atoms with Crippen molar-refractivity contribution in [2.24, 2.45) is 13.0 Å². The molecule has 2 aromatic rings. The summed E-state index contributed by atoms with van der Waals surface area (Å²) in [5.41, 5.74) is -0.554. The topological polar surface area (TPSA) is 71.3 Å². The fourth-order valence-electron chi connectivity index (χ4n) is 2.85. The smallest absolute Gasteiger partial charge is 0.263 e. The largest absolute Gasteiger partial charge is 0.383 e. The van der Waals surface area contributed by atoms with Crippen LogP contribution in [-0.2, 0) is 12.6 Å². The molecular formula is C18H20N2O3. The summed E-state index contributed by atoms with van der Waals surface area (Å²) in [6.07, 6.45) is 3.48. The van der Waals surface area contributed by atoms with Gasteiger partial charge in [0, 0.05) is 13.2 Å². The van der Waals surface area contributed by atoms with E-state index in [1.54, 1.807) is 19.3 Å². The van der Waals surface area contributed by atoms with E-state index in [1.807, 2.05) is 30.3 Å². The van der Waals surface area contributed by atoms with Gasteiger partial charge in [-0.3, -0.25) is 9.59 Å². The lowest BCUT2D eigenvalue weighted by Crippen LogP contribution is -2.43. The van der Waals surface area contributed by atoms with Crippen molar-refractivity contribution in [1.82, 2.24) is 9.88 Å². The van der Waals surface area contributed by atoms with E-state index < -0.39 is 11.5 Å². The van der Waals surface area contributed by atoms with Crippen LogP contribution < -0.4 is 10.9 Å². The molecule has 3 rings (SSSR count). The van der Waals surface area contributed by atoms with Gasteiger partial charge in [-0.15, -0.1) is 0 Å². The van der Waals surface area contributed by atoms with Crippen LogP contribution >= 0.6 is 0 Å². The molecule has 1 aliphatic rings. The average Bonchev–Trinajstić information content (AvgIpc) is 3.41. The summed E-state index contributed by atoms with van der Waals surface area (Å²) in [4.78, 5) is 24.3. The van der Waals surface area contributed by atoms with Crippen molar-refractivity contribution in [3.63, 3.8) is 0 Å². The second kappa shape index (κ2) is 6.01. The highest BCUT2D eigenvalue weighted by atomic mass is 16.3. The van der Waals surface area contributed by atoms with Gasteiger partial charge < -0.3 is 15.0 Å². The minimum Gasteiger partial charge on any atom is -0.383 e. The first-order valence-electron chi connectivity index (χ1n) is 7.74. The third kappa shape index (κ3) is 3.05. The van der Waals surface area contributed by atoms with Crippen LogP contribution in [0.15, 0.2) is 53.5 Å². The van der Waals surface area contributed by atoms with Crippen LogP contribution in [0.3, 0.4) is 0 Å². The molecule has 1 aliphatic carbocycles. The second-order valence-corrected chi connectivity index (χ2v) is 6.09. The molecule has 23 heavy (non-hydrogen) atoms. The summed E-state index contributed by atoms with van der Waals surface area (Å²) in [7, 11) is 1.60. The molecule has 1 fully saturated rings. The van der Waals surface area contributed by atoms with Crippen LogP contribution in [-0.4, -0.2) is 22.1 Å². The van der Waals surface area contributed by atoms with Crippen molar-refractivity contribution < 1.29 is 9.90 Å². The molecule has 0 unspecified atom stereocenters. The fraction of sp³-hybridized carbons (Fsp3) is 0.333. The maximum absolute atomic E-state index is 12.3. The first-order chi connectivity index (χ1) is 11.0. The zero-order chi connectivity index (χ0) is 16.4. The molecule has 0 aliphatic heterocycles. The third-order valence-corrected chi connectivity index (χ3v) is 4.41. The molecule has 1 aromatic carbocycles. The van der Waals surface area contributed by atoms with Crippen LogP contribution in [0.1, 0.15) is 28.8 Å². The minimum atomic E-state index is -1.09. The van der Waals surface area contributed by atoms with Crippen molar-refractivity contribution in [2.75, 3.05) is 6.54 Å². The van der Waals surface area contributed by atoms with Crippen molar-refractivity contribution in [2.45, 2.75) is 18.4 Å². The molecule has 0 bridgehead atoms. The monoisotopic (exact) mass is 312 g/mol. The number of nitrogens with one attached hydrogen (secondary N) is 1. The van der Waals surface area contributed by atoms with Crippen molar-refractivity contribution >= 4 is 5.91 Å². The number of benzene rings is 1. The Balaban J connectivity index is 1.79. The Bertz CT molecular complexity index is 765. The summed E-state index contributed by atoms with van der Waals surface area (Å²) in [6, 6.07) is 12.5. The molecule has 1 amide bonds. The Kier molecular flexibility index (Phi) is 4.05. The van der Waals surface area contributed by atoms with Crippen LogP contribution in [0, 0.1) is 5.92 Å². The van der Waals surface area contributed by atoms with Gasteiger partial charge in [0.05, 0.1) is 6.54 Å². The van der Waals surface area contributed by atoms with E-state index in [0.29, 0.717) is 0 Å². The average molecular weight is 312 g/mol. The van der Waals surface area contributed by atoms with Gasteiger partial charge in [-0.25, -0.2) is 0 Å². The maximum atomic E-state index is 12.3. The second-order valence-electron chi connectivity index (χ2n) is 6.09. The highest BCUT2D eigenvalue weighted by Crippen LogP contribution is 2.45. The van der Waals surface area contributed by atoms with Gasteiger partial charge in [-0.05, 0) is 36.5 Å². The molecule has 1 saturated carbocycles. The van der Waals surface area contributed by atoms with Crippen molar-refractivity contribution in [3.8, 4) is 0 Å². The molecule has 0 radical (unpaired) electrons. The molecule has 5 nitrogen and oxygen atoms in total. The number of amides is 1. The highest BCUT2D eigenvalue weighted by molar-refractivity contribution is 5.93. The standard InChI is InChI=1S/C18H20N2O3/c1-20-11-5-8-15(17(20)22)16(21)19-12-18(23,14-9-10-14)13-6-3-2-4-7-13/h2-8,11,14,23H,9-10,12H2,1H3,(H,19,21)/t18-/m0/s1. The maximum Gasteiger partial charge on any atom is 0.263 e. The van der Waals surface area contributed by atoms with E-state index in [-0.39, 0.29) is 23.6 Å². The van der Waals surface area contributed by atoms with Gasteiger partial charge in [-0.1, -0.05) is 30.3 Å². The van der Waals surface area contributed by atoms with Gasteiger partial charge >= 0.3 is 0 Å². The summed E-state index contributed by atoms with van der Waals surface area (Å²) >= 11 is 0. The lowest BCUT2D eigenvalue weighted by Gasteiger charge is -2.29. The SMILES string of the molecule is Cn1cccc(C(=O)NC[C@](O)(c2ccccc2)C2CC2)c1=O. The first kappa shape index (κ1) is 15.5. The molecule has 120 valence electrons. The van der Waals surface area contributed by atoms with Gasteiger partial charge in [0.15, 0.2) is 0 Å². The summed E-state index contributed by atoms with van der Waals surface area (Å²) in [5.74, 6) is -0.315. The number of nitrogens with zero attached hydrogens (tertiary/aromatic N) is 1. The number of aliphatic hydroxyl groups is 1. The molecule has 1 aromatic heterocycles. The Morgan fingerprint density at radius 3 is 2.61 bits per heavy atom. The van der Waals surface area contributed by atoms with E-state index >= 15 is 0 Å². The molecular weight excluding hydrogens is 292 g/mol. The molecule has 2 N–H and O–H groups in total. The lowest BCUT2D eigenvalue weighted by atomic mass is 9.88. The zero-order valence-electron chi connectivity index (χ0n) is 13.0. The van der Waals surface area contributed by atoms with Gasteiger partial charge in [0.25, 0.3) is 11.5 Å². The summed E-state index contributed by atoms with van der Waals surface area (Å²) < 4.78 is 1.36. The van der Waals surface area contributed by atoms with Gasteiger partial charge in [0.1, 0.15) is 11.2 Å². The van der Waals surface area contributed by atoms with Gasteiger partial charge in [0.2, 0.25) is 0 Å². The third-order valence-electron chi connectivity index (χ3n) is 4.41. The number of pyridine rings is 1. The Morgan fingerprint density at radius 2 is 1.96 bits per heavy atom. The van der Waals surface area contributed by atoms with Crippen LogP contribution in [0.5, 0.6) is 0 Å². The normalized spacial score (nSPS) is 16.6. The number of hydrogen-bond donors (Lipinski definition) is 2. The van der Waals surface area contributed by atoms with Gasteiger partial charge in [-0.2, -0.15) is 0 Å². The van der Waals surface area contributed by atoms with E-state index in [1.165, 1.54) is 10.6 Å². The number of hydrogen-bond acceptors (Lipinski definition) is 3. The Hall–Kier alpha value is -2.40. The van der Waals surface area contributed by atoms with Crippen LogP contribution in [0.4, 0.5) is 0 Å². The number of carbonyl (C=O) groups excluding carboxylic acids is 1. The minimum absolute atomic E-state index is 0.0845. The quantitative estimate of drug-likeness (QED) is 0.877. The predicted molar refractivity (Wildman–Crippen MR) is 87.1 cm³/mol. The molecule has 1 atom stereocenters. The molecule has 0 saturated heterocycles. The lowest BCUT2D eigenvalue weighted by molar-refractivity contribution is 0.0135. The molecule has 0 spiro atoms. The molecule has 1 heterocycles.